The van der Waals surface area contributed by atoms with Crippen LogP contribution in [0.4, 0.5) is 0 Å². The molecule has 0 spiro atoms. The van der Waals surface area contributed by atoms with Crippen LogP contribution in [0, 0.1) is 0 Å². The topological polar surface area (TPSA) is 83.8 Å². The summed E-state index contributed by atoms with van der Waals surface area (Å²) in [5.41, 5.74) is 0. The first-order valence-corrected chi connectivity index (χ1v) is 3.12. The highest BCUT2D eigenvalue weighted by Crippen LogP contribution is 2.10. The molecule has 0 bridgehead atoms. The second-order valence-corrected chi connectivity index (χ2v) is 2.10. The molecule has 1 atom stereocenters. The number of carboxylic acid groups (broad SMARTS) is 2. The summed E-state index contributed by atoms with van der Waals surface area (Å²) in [7, 11) is 0. The molecule has 0 radical (unpaired) electrons. The van der Waals surface area contributed by atoms with Crippen LogP contribution in [0.2, 0.25) is 0 Å². The van der Waals surface area contributed by atoms with Crippen LogP contribution in [0.15, 0.2) is 24.0 Å². The third kappa shape index (κ3) is 1.63. The highest BCUT2D eigenvalue weighted by molar-refractivity contribution is 5.86. The largest absolute Gasteiger partial charge is 0.478 e. The van der Waals surface area contributed by atoms with Gasteiger partial charge in [0, 0.05) is 0 Å². The Balaban J connectivity index is 2.74. The molecular weight excluding hydrogens is 164 g/mol. The lowest BCUT2D eigenvalue weighted by Crippen LogP contribution is -2.25. The van der Waals surface area contributed by atoms with Crippen LogP contribution in [-0.2, 0) is 14.3 Å². The molecule has 1 rings (SSSR count). The summed E-state index contributed by atoms with van der Waals surface area (Å²) in [5, 5.41) is 16.9. The fourth-order valence-corrected chi connectivity index (χ4v) is 0.714. The van der Waals surface area contributed by atoms with Crippen LogP contribution in [0.25, 0.3) is 0 Å². The molecule has 0 aromatic heterocycles. The van der Waals surface area contributed by atoms with Crippen LogP contribution < -0.4 is 0 Å². The standard InChI is InChI=1S/C7H6O5/c8-6(9)4-2-1-3-5(12-4)7(10)11/h1-4H,(H,8,9)(H,10,11). The molecule has 12 heavy (non-hydrogen) atoms. The van der Waals surface area contributed by atoms with E-state index in [0.29, 0.717) is 0 Å². The van der Waals surface area contributed by atoms with Gasteiger partial charge >= 0.3 is 11.9 Å². The fraction of sp³-hybridized carbons (Fsp3) is 0.143. The first-order valence-electron chi connectivity index (χ1n) is 3.12. The van der Waals surface area contributed by atoms with Gasteiger partial charge in [-0.25, -0.2) is 9.59 Å². The average Bonchev–Trinajstić information content (AvgIpc) is 2.04. The first kappa shape index (κ1) is 8.32. The van der Waals surface area contributed by atoms with Gasteiger partial charge in [0.1, 0.15) is 0 Å². The van der Waals surface area contributed by atoms with E-state index in [4.69, 9.17) is 10.2 Å². The summed E-state index contributed by atoms with van der Waals surface area (Å²) in [6.07, 6.45) is 2.60. The molecule has 1 aliphatic rings. The Morgan fingerprint density at radius 1 is 1.42 bits per heavy atom. The van der Waals surface area contributed by atoms with E-state index in [1.807, 2.05) is 0 Å². The van der Waals surface area contributed by atoms with Crippen LogP contribution in [-0.4, -0.2) is 28.3 Å². The first-order chi connectivity index (χ1) is 5.61. The Bertz CT molecular complexity index is 276. The predicted molar refractivity (Wildman–Crippen MR) is 37.4 cm³/mol. The van der Waals surface area contributed by atoms with Gasteiger partial charge < -0.3 is 14.9 Å². The zero-order valence-electron chi connectivity index (χ0n) is 5.93. The van der Waals surface area contributed by atoms with Gasteiger partial charge in [0.25, 0.3) is 0 Å². The summed E-state index contributed by atoms with van der Waals surface area (Å²) in [6, 6.07) is 0. The van der Waals surface area contributed by atoms with Gasteiger partial charge in [-0.15, -0.1) is 0 Å². The van der Waals surface area contributed by atoms with Gasteiger partial charge in [0.15, 0.2) is 0 Å². The van der Waals surface area contributed by atoms with E-state index >= 15 is 0 Å². The number of hydrogen-bond donors (Lipinski definition) is 2. The van der Waals surface area contributed by atoms with E-state index < -0.39 is 18.0 Å². The average molecular weight is 170 g/mol. The molecule has 0 saturated carbocycles. The monoisotopic (exact) mass is 170 g/mol. The summed E-state index contributed by atoms with van der Waals surface area (Å²) in [4.78, 5) is 20.6. The maximum atomic E-state index is 10.3. The minimum absolute atomic E-state index is 0.357. The van der Waals surface area contributed by atoms with Crippen molar-refractivity contribution in [1.82, 2.24) is 0 Å². The van der Waals surface area contributed by atoms with Gasteiger partial charge in [0.2, 0.25) is 11.9 Å². The van der Waals surface area contributed by atoms with E-state index in [0.717, 1.165) is 0 Å². The lowest BCUT2D eigenvalue weighted by Gasteiger charge is -2.13. The SMILES string of the molecule is O=C(O)C1=CC=CC(C(=O)O)O1. The molecule has 0 fully saturated rings. The molecule has 0 saturated heterocycles. The lowest BCUT2D eigenvalue weighted by atomic mass is 10.2. The molecule has 0 aromatic rings. The van der Waals surface area contributed by atoms with Crippen molar-refractivity contribution in [2.24, 2.45) is 0 Å². The molecule has 1 heterocycles. The smallest absolute Gasteiger partial charge is 0.371 e. The summed E-state index contributed by atoms with van der Waals surface area (Å²) >= 11 is 0. The van der Waals surface area contributed by atoms with Crippen LogP contribution in [0.3, 0.4) is 0 Å². The molecular formula is C7H6O5. The van der Waals surface area contributed by atoms with Crippen molar-refractivity contribution in [3.8, 4) is 0 Å². The van der Waals surface area contributed by atoms with Crippen molar-refractivity contribution in [3.63, 3.8) is 0 Å². The maximum Gasteiger partial charge on any atom is 0.371 e. The lowest BCUT2D eigenvalue weighted by molar-refractivity contribution is -0.148. The highest BCUT2D eigenvalue weighted by atomic mass is 16.5. The van der Waals surface area contributed by atoms with E-state index in [-0.39, 0.29) is 5.76 Å². The van der Waals surface area contributed by atoms with E-state index in [2.05, 4.69) is 4.74 Å². The van der Waals surface area contributed by atoms with Crippen molar-refractivity contribution < 1.29 is 24.5 Å². The number of aliphatic carboxylic acids is 2. The molecule has 5 heteroatoms. The Labute approximate surface area is 67.6 Å². The summed E-state index contributed by atoms with van der Waals surface area (Å²) in [6.45, 7) is 0. The molecule has 1 aliphatic heterocycles. The fourth-order valence-electron chi connectivity index (χ4n) is 0.714. The summed E-state index contributed by atoms with van der Waals surface area (Å²) in [5.74, 6) is -2.84. The minimum atomic E-state index is -1.27. The van der Waals surface area contributed by atoms with Crippen LogP contribution in [0.5, 0.6) is 0 Å². The van der Waals surface area contributed by atoms with E-state index in [9.17, 15) is 9.59 Å². The second kappa shape index (κ2) is 3.08. The number of ether oxygens (including phenoxy) is 1. The van der Waals surface area contributed by atoms with Crippen LogP contribution >= 0.6 is 0 Å². The van der Waals surface area contributed by atoms with Crippen LogP contribution in [0.1, 0.15) is 0 Å². The van der Waals surface area contributed by atoms with Gasteiger partial charge in [0.05, 0.1) is 0 Å². The van der Waals surface area contributed by atoms with Crippen molar-refractivity contribution in [2.45, 2.75) is 6.10 Å². The molecule has 2 N–H and O–H groups in total. The minimum Gasteiger partial charge on any atom is -0.478 e. The van der Waals surface area contributed by atoms with Crippen molar-refractivity contribution >= 4 is 11.9 Å². The Morgan fingerprint density at radius 2 is 2.08 bits per heavy atom. The molecule has 0 aliphatic carbocycles. The molecule has 5 nitrogen and oxygen atoms in total. The van der Waals surface area contributed by atoms with Gasteiger partial charge in [-0.2, -0.15) is 0 Å². The molecule has 0 amide bonds. The Hall–Kier alpha value is -1.78. The quantitative estimate of drug-likeness (QED) is 0.609. The number of rotatable bonds is 2. The van der Waals surface area contributed by atoms with Crippen molar-refractivity contribution in [1.29, 1.82) is 0 Å². The van der Waals surface area contributed by atoms with Crippen molar-refractivity contribution in [2.75, 3.05) is 0 Å². The van der Waals surface area contributed by atoms with Gasteiger partial charge in [-0.05, 0) is 12.2 Å². The predicted octanol–water partition coefficient (Wildman–Crippen LogP) is -0.00550. The second-order valence-electron chi connectivity index (χ2n) is 2.10. The third-order valence-corrected chi connectivity index (χ3v) is 1.24. The van der Waals surface area contributed by atoms with E-state index in [1.54, 1.807) is 0 Å². The number of carboxylic acids is 2. The highest BCUT2D eigenvalue weighted by Gasteiger charge is 2.22. The molecule has 1 unspecified atom stereocenters. The number of allylic oxidation sites excluding steroid dienone is 2. The Morgan fingerprint density at radius 3 is 2.58 bits per heavy atom. The van der Waals surface area contributed by atoms with Gasteiger partial charge in [-0.3, -0.25) is 0 Å². The van der Waals surface area contributed by atoms with Crippen molar-refractivity contribution in [3.05, 3.63) is 24.0 Å². The Kier molecular flexibility index (Phi) is 2.14. The van der Waals surface area contributed by atoms with Gasteiger partial charge in [-0.1, -0.05) is 6.08 Å². The molecule has 64 valence electrons. The normalized spacial score (nSPS) is 21.0. The van der Waals surface area contributed by atoms with E-state index in [1.165, 1.54) is 18.2 Å². The zero-order chi connectivity index (χ0) is 9.14. The molecule has 0 aromatic carbocycles. The number of carbonyl (C=O) groups is 2. The number of hydrogen-bond acceptors (Lipinski definition) is 3. The third-order valence-electron chi connectivity index (χ3n) is 1.24. The maximum absolute atomic E-state index is 10.3. The zero-order valence-corrected chi connectivity index (χ0v) is 5.93. The summed E-state index contributed by atoms with van der Waals surface area (Å²) < 4.78 is 4.58.